The highest BCUT2D eigenvalue weighted by molar-refractivity contribution is 5.78. The molecule has 2 atom stereocenters. The molecule has 4 N–H and O–H groups in total. The lowest BCUT2D eigenvalue weighted by molar-refractivity contribution is -0.132. The fourth-order valence-corrected chi connectivity index (χ4v) is 1.02. The fraction of sp³-hybridized carbons (Fsp3) is 0.833. The van der Waals surface area contributed by atoms with Crippen LogP contribution in [0.5, 0.6) is 0 Å². The summed E-state index contributed by atoms with van der Waals surface area (Å²) < 4.78 is 5.06. The molecule has 4 nitrogen and oxygen atoms in total. The number of primary amides is 1. The van der Waals surface area contributed by atoms with Crippen LogP contribution < -0.4 is 11.5 Å². The maximum absolute atomic E-state index is 10.5. The van der Waals surface area contributed by atoms with E-state index in [-0.39, 0.29) is 6.04 Å². The number of carbonyl (C=O) groups is 1. The molecule has 1 aliphatic rings. The van der Waals surface area contributed by atoms with Crippen LogP contribution in [-0.4, -0.2) is 24.7 Å². The minimum atomic E-state index is -0.455. The highest BCUT2D eigenvalue weighted by Crippen LogP contribution is 2.10. The van der Waals surface area contributed by atoms with Crippen LogP contribution in [0.1, 0.15) is 12.8 Å². The van der Waals surface area contributed by atoms with Gasteiger partial charge in [-0.3, -0.25) is 4.79 Å². The molecule has 10 heavy (non-hydrogen) atoms. The SMILES string of the molecule is NC(=O)C1CC(N)CCO1. The topological polar surface area (TPSA) is 78.3 Å². The standard InChI is InChI=1S/C6H12N2O2/c7-4-1-2-10-5(3-4)6(8)9/h4-5H,1-3,7H2,(H2,8,9). The largest absolute Gasteiger partial charge is 0.368 e. The molecule has 0 aliphatic carbocycles. The predicted molar refractivity (Wildman–Crippen MR) is 36.1 cm³/mol. The third kappa shape index (κ3) is 1.68. The van der Waals surface area contributed by atoms with E-state index in [1.54, 1.807) is 0 Å². The van der Waals surface area contributed by atoms with E-state index in [1.165, 1.54) is 0 Å². The molecule has 0 saturated carbocycles. The highest BCUT2D eigenvalue weighted by atomic mass is 16.5. The number of ether oxygens (including phenoxy) is 1. The molecule has 1 saturated heterocycles. The number of hydrogen-bond acceptors (Lipinski definition) is 3. The first-order chi connectivity index (χ1) is 4.70. The summed E-state index contributed by atoms with van der Waals surface area (Å²) >= 11 is 0. The zero-order valence-corrected chi connectivity index (χ0v) is 5.75. The molecule has 4 heteroatoms. The summed E-state index contributed by atoms with van der Waals surface area (Å²) in [5, 5.41) is 0. The lowest BCUT2D eigenvalue weighted by Crippen LogP contribution is -2.41. The molecule has 0 aromatic heterocycles. The predicted octanol–water partition coefficient (Wildman–Crippen LogP) is -1.02. The molecule has 0 bridgehead atoms. The molecule has 2 unspecified atom stereocenters. The number of amides is 1. The lowest BCUT2D eigenvalue weighted by atomic mass is 10.0. The van der Waals surface area contributed by atoms with Gasteiger partial charge in [0.2, 0.25) is 5.91 Å². The van der Waals surface area contributed by atoms with Crippen molar-refractivity contribution in [3.05, 3.63) is 0 Å². The van der Waals surface area contributed by atoms with E-state index in [1.807, 2.05) is 0 Å². The van der Waals surface area contributed by atoms with Gasteiger partial charge in [0.1, 0.15) is 6.10 Å². The van der Waals surface area contributed by atoms with Crippen LogP contribution in [0, 0.1) is 0 Å². The Bertz CT molecular complexity index is 138. The van der Waals surface area contributed by atoms with Gasteiger partial charge >= 0.3 is 0 Å². The first-order valence-electron chi connectivity index (χ1n) is 3.36. The van der Waals surface area contributed by atoms with Crippen molar-refractivity contribution in [3.8, 4) is 0 Å². The third-order valence-corrected chi connectivity index (χ3v) is 1.64. The zero-order valence-electron chi connectivity index (χ0n) is 5.75. The normalized spacial score (nSPS) is 33.7. The number of nitrogens with two attached hydrogens (primary N) is 2. The van der Waals surface area contributed by atoms with Gasteiger partial charge in [-0.1, -0.05) is 0 Å². The first kappa shape index (κ1) is 7.50. The van der Waals surface area contributed by atoms with Crippen LogP contribution in [-0.2, 0) is 9.53 Å². The summed E-state index contributed by atoms with van der Waals surface area (Å²) in [5.41, 5.74) is 10.6. The van der Waals surface area contributed by atoms with E-state index >= 15 is 0 Å². The molecule has 1 rings (SSSR count). The average Bonchev–Trinajstić information content (AvgIpc) is 1.88. The average molecular weight is 144 g/mol. The maximum atomic E-state index is 10.5. The van der Waals surface area contributed by atoms with E-state index in [9.17, 15) is 4.79 Å². The van der Waals surface area contributed by atoms with Crippen LogP contribution in [0.2, 0.25) is 0 Å². The minimum Gasteiger partial charge on any atom is -0.368 e. The highest BCUT2D eigenvalue weighted by Gasteiger charge is 2.23. The Hall–Kier alpha value is -0.610. The monoisotopic (exact) mass is 144 g/mol. The molecule has 1 amide bonds. The van der Waals surface area contributed by atoms with Crippen molar-refractivity contribution in [1.29, 1.82) is 0 Å². The Kier molecular flexibility index (Phi) is 2.24. The molecule has 1 heterocycles. The number of carbonyl (C=O) groups excluding carboxylic acids is 1. The van der Waals surface area contributed by atoms with Crippen molar-refractivity contribution >= 4 is 5.91 Å². The zero-order chi connectivity index (χ0) is 7.56. The third-order valence-electron chi connectivity index (χ3n) is 1.64. The molecule has 58 valence electrons. The van der Waals surface area contributed by atoms with Gasteiger partial charge in [-0.05, 0) is 12.8 Å². The van der Waals surface area contributed by atoms with Crippen molar-refractivity contribution in [3.63, 3.8) is 0 Å². The van der Waals surface area contributed by atoms with Gasteiger partial charge in [0.25, 0.3) is 0 Å². The van der Waals surface area contributed by atoms with Gasteiger partial charge in [0, 0.05) is 12.6 Å². The molecule has 1 fully saturated rings. The van der Waals surface area contributed by atoms with Crippen LogP contribution in [0.25, 0.3) is 0 Å². The van der Waals surface area contributed by atoms with E-state index in [2.05, 4.69) is 0 Å². The quantitative estimate of drug-likeness (QED) is 0.494. The summed E-state index contributed by atoms with van der Waals surface area (Å²) in [6, 6.07) is 0.0752. The lowest BCUT2D eigenvalue weighted by Gasteiger charge is -2.24. The van der Waals surface area contributed by atoms with Crippen LogP contribution in [0.3, 0.4) is 0 Å². The molecule has 1 aliphatic heterocycles. The van der Waals surface area contributed by atoms with Gasteiger partial charge in [-0.2, -0.15) is 0 Å². The Morgan fingerprint density at radius 3 is 2.70 bits per heavy atom. The molecule has 0 spiro atoms. The van der Waals surface area contributed by atoms with Crippen LogP contribution >= 0.6 is 0 Å². The van der Waals surface area contributed by atoms with E-state index in [0.29, 0.717) is 13.0 Å². The van der Waals surface area contributed by atoms with Gasteiger partial charge in [-0.25, -0.2) is 0 Å². The molecular weight excluding hydrogens is 132 g/mol. The summed E-state index contributed by atoms with van der Waals surface area (Å²) in [6.07, 6.45) is 0.933. The fourth-order valence-electron chi connectivity index (χ4n) is 1.02. The number of hydrogen-bond donors (Lipinski definition) is 2. The second-order valence-corrected chi connectivity index (χ2v) is 2.55. The van der Waals surface area contributed by atoms with Crippen molar-refractivity contribution in [2.45, 2.75) is 25.0 Å². The Labute approximate surface area is 59.5 Å². The van der Waals surface area contributed by atoms with Crippen molar-refractivity contribution in [1.82, 2.24) is 0 Å². The molecular formula is C6H12N2O2. The van der Waals surface area contributed by atoms with E-state index in [0.717, 1.165) is 6.42 Å². The van der Waals surface area contributed by atoms with Crippen molar-refractivity contribution < 1.29 is 9.53 Å². The number of rotatable bonds is 1. The Morgan fingerprint density at radius 1 is 1.60 bits per heavy atom. The summed E-state index contributed by atoms with van der Waals surface area (Å²) in [5.74, 6) is -0.407. The van der Waals surface area contributed by atoms with Gasteiger partial charge in [-0.15, -0.1) is 0 Å². The van der Waals surface area contributed by atoms with E-state index in [4.69, 9.17) is 16.2 Å². The maximum Gasteiger partial charge on any atom is 0.246 e. The van der Waals surface area contributed by atoms with Crippen molar-refractivity contribution in [2.75, 3.05) is 6.61 Å². The molecule has 0 radical (unpaired) electrons. The second-order valence-electron chi connectivity index (χ2n) is 2.55. The second kappa shape index (κ2) is 2.98. The molecule has 0 aromatic rings. The van der Waals surface area contributed by atoms with Gasteiger partial charge in [0.05, 0.1) is 0 Å². The van der Waals surface area contributed by atoms with Crippen LogP contribution in [0.4, 0.5) is 0 Å². The van der Waals surface area contributed by atoms with Gasteiger partial charge in [0.15, 0.2) is 0 Å². The summed E-state index contributed by atoms with van der Waals surface area (Å²) in [4.78, 5) is 10.5. The molecule has 0 aromatic carbocycles. The summed E-state index contributed by atoms with van der Waals surface area (Å²) in [6.45, 7) is 0.550. The minimum absolute atomic E-state index is 0.0752. The van der Waals surface area contributed by atoms with E-state index < -0.39 is 12.0 Å². The first-order valence-corrected chi connectivity index (χ1v) is 3.36. The summed E-state index contributed by atoms with van der Waals surface area (Å²) in [7, 11) is 0. The van der Waals surface area contributed by atoms with Crippen LogP contribution in [0.15, 0.2) is 0 Å². The Balaban J connectivity index is 2.39. The smallest absolute Gasteiger partial charge is 0.246 e. The Morgan fingerprint density at radius 2 is 2.30 bits per heavy atom. The van der Waals surface area contributed by atoms with Crippen molar-refractivity contribution in [2.24, 2.45) is 11.5 Å². The van der Waals surface area contributed by atoms with Gasteiger partial charge < -0.3 is 16.2 Å².